The molecule has 0 aliphatic rings. The topological polar surface area (TPSA) is 72.6 Å². The molecule has 0 aromatic heterocycles. The number of ether oxygens (including phenoxy) is 1. The molecule has 0 unspecified atom stereocenters. The molecule has 1 atom stereocenters. The summed E-state index contributed by atoms with van der Waals surface area (Å²) in [5, 5.41) is 20.3. The molecule has 0 heterocycles. The molecule has 0 fully saturated rings. The number of aliphatic hydroxyl groups is 1. The van der Waals surface area contributed by atoms with E-state index in [4.69, 9.17) is 0 Å². The van der Waals surface area contributed by atoms with Gasteiger partial charge in [-0.3, -0.25) is 10.1 Å². The molecular weight excluding hydrogens is 335 g/mol. The van der Waals surface area contributed by atoms with Crippen LogP contribution in [0.5, 0.6) is 5.75 Å². The second kappa shape index (κ2) is 5.74. The highest BCUT2D eigenvalue weighted by Gasteiger charge is 2.32. The van der Waals surface area contributed by atoms with E-state index < -0.39 is 35.2 Å². The minimum atomic E-state index is -4.63. The Morgan fingerprint density at radius 3 is 2.53 bits per heavy atom. The Bertz CT molecular complexity index is 490. The van der Waals surface area contributed by atoms with Gasteiger partial charge in [-0.15, -0.1) is 0 Å². The first-order valence-electron chi connectivity index (χ1n) is 4.97. The third kappa shape index (κ3) is 4.35. The average molecular weight is 344 g/mol. The van der Waals surface area contributed by atoms with Gasteiger partial charge >= 0.3 is 11.9 Å². The minimum Gasteiger partial charge on any atom is -0.477 e. The smallest absolute Gasteiger partial charge is 0.422 e. The van der Waals surface area contributed by atoms with E-state index in [1.807, 2.05) is 0 Å². The normalized spacial score (nSPS) is 13.2. The Balaban J connectivity index is 3.27. The minimum absolute atomic E-state index is 0.0923. The fraction of sp³-hybridized carbons (Fsp3) is 0.400. The molecule has 5 nitrogen and oxygen atoms in total. The highest BCUT2D eigenvalue weighted by molar-refractivity contribution is 9.10. The molecule has 0 bridgehead atoms. The molecule has 9 heteroatoms. The molecular formula is C10H9BrF3NO4. The van der Waals surface area contributed by atoms with E-state index in [0.29, 0.717) is 0 Å². The summed E-state index contributed by atoms with van der Waals surface area (Å²) in [5.74, 6) is -0.583. The first-order chi connectivity index (χ1) is 8.61. The highest BCUT2D eigenvalue weighted by atomic mass is 79.9. The van der Waals surface area contributed by atoms with Crippen LogP contribution in [-0.4, -0.2) is 22.8 Å². The van der Waals surface area contributed by atoms with Crippen LogP contribution >= 0.6 is 15.9 Å². The van der Waals surface area contributed by atoms with E-state index in [0.717, 1.165) is 6.07 Å². The quantitative estimate of drug-likeness (QED) is 0.672. The van der Waals surface area contributed by atoms with E-state index in [9.17, 15) is 28.4 Å². The van der Waals surface area contributed by atoms with Gasteiger partial charge in [0.1, 0.15) is 0 Å². The van der Waals surface area contributed by atoms with Gasteiger partial charge < -0.3 is 9.84 Å². The van der Waals surface area contributed by atoms with Crippen molar-refractivity contribution >= 4 is 21.6 Å². The van der Waals surface area contributed by atoms with Gasteiger partial charge in [0.25, 0.3) is 0 Å². The van der Waals surface area contributed by atoms with Gasteiger partial charge in [0.15, 0.2) is 6.61 Å². The maximum atomic E-state index is 12.1. The van der Waals surface area contributed by atoms with E-state index in [2.05, 4.69) is 20.7 Å². The first kappa shape index (κ1) is 15.7. The molecule has 1 aromatic carbocycles. The molecule has 0 aliphatic carbocycles. The van der Waals surface area contributed by atoms with Crippen LogP contribution in [0, 0.1) is 10.1 Å². The number of nitrogens with zero attached hydrogens (tertiary/aromatic N) is 1. The Labute approximate surface area is 114 Å². The van der Waals surface area contributed by atoms with Crippen LogP contribution < -0.4 is 4.74 Å². The molecule has 106 valence electrons. The van der Waals surface area contributed by atoms with Crippen LogP contribution in [0.1, 0.15) is 18.6 Å². The molecule has 0 spiro atoms. The summed E-state index contributed by atoms with van der Waals surface area (Å²) in [4.78, 5) is 9.94. The number of alkyl halides is 3. The summed E-state index contributed by atoms with van der Waals surface area (Å²) in [6.07, 6.45) is -5.84. The van der Waals surface area contributed by atoms with Crippen LogP contribution in [-0.2, 0) is 0 Å². The van der Waals surface area contributed by atoms with Gasteiger partial charge in [-0.05, 0) is 13.0 Å². The zero-order chi connectivity index (χ0) is 14.8. The molecule has 0 amide bonds. The molecule has 19 heavy (non-hydrogen) atoms. The van der Waals surface area contributed by atoms with Crippen LogP contribution in [0.25, 0.3) is 0 Å². The van der Waals surface area contributed by atoms with Crippen molar-refractivity contribution < 1.29 is 27.9 Å². The number of aliphatic hydroxyl groups excluding tert-OH is 1. The molecule has 0 saturated carbocycles. The van der Waals surface area contributed by atoms with Crippen molar-refractivity contribution in [2.75, 3.05) is 6.61 Å². The number of nitro groups is 1. The lowest BCUT2D eigenvalue weighted by atomic mass is 10.1. The van der Waals surface area contributed by atoms with E-state index >= 15 is 0 Å². The van der Waals surface area contributed by atoms with E-state index in [1.165, 1.54) is 13.0 Å². The monoisotopic (exact) mass is 343 g/mol. The first-order valence-corrected chi connectivity index (χ1v) is 5.76. The summed E-state index contributed by atoms with van der Waals surface area (Å²) < 4.78 is 41.1. The summed E-state index contributed by atoms with van der Waals surface area (Å²) in [7, 11) is 0. The van der Waals surface area contributed by atoms with Crippen molar-refractivity contribution in [1.82, 2.24) is 0 Å². The van der Waals surface area contributed by atoms with Gasteiger partial charge in [0.05, 0.1) is 11.0 Å². The molecule has 0 saturated heterocycles. The summed E-state index contributed by atoms with van der Waals surface area (Å²) in [5.41, 5.74) is -0.736. The Morgan fingerprint density at radius 1 is 1.53 bits per heavy atom. The maximum Gasteiger partial charge on any atom is 0.422 e. The number of benzene rings is 1. The van der Waals surface area contributed by atoms with Gasteiger partial charge in [-0.1, -0.05) is 15.9 Å². The van der Waals surface area contributed by atoms with Crippen molar-refractivity contribution in [2.45, 2.75) is 19.2 Å². The van der Waals surface area contributed by atoms with Crippen molar-refractivity contribution in [3.63, 3.8) is 0 Å². The van der Waals surface area contributed by atoms with E-state index in [-0.39, 0.29) is 10.0 Å². The largest absolute Gasteiger partial charge is 0.477 e. The summed E-state index contributed by atoms with van der Waals surface area (Å²) in [6.45, 7) is -0.402. The lowest BCUT2D eigenvalue weighted by Crippen LogP contribution is -2.20. The third-order valence-corrected chi connectivity index (χ3v) is 2.55. The van der Waals surface area contributed by atoms with Crippen molar-refractivity contribution in [3.8, 4) is 5.75 Å². The number of nitro benzene ring substituents is 1. The number of hydrogen-bond acceptors (Lipinski definition) is 4. The fourth-order valence-electron chi connectivity index (χ4n) is 1.36. The predicted molar refractivity (Wildman–Crippen MR) is 63.0 cm³/mol. The summed E-state index contributed by atoms with van der Waals surface area (Å²) in [6, 6.07) is 2.28. The Morgan fingerprint density at radius 2 is 2.11 bits per heavy atom. The lowest BCUT2D eigenvalue weighted by molar-refractivity contribution is -0.386. The zero-order valence-electron chi connectivity index (χ0n) is 9.57. The molecule has 0 aliphatic heterocycles. The van der Waals surface area contributed by atoms with Crippen LogP contribution in [0.4, 0.5) is 18.9 Å². The van der Waals surface area contributed by atoms with Gasteiger partial charge in [0, 0.05) is 16.1 Å². The second-order valence-corrected chi connectivity index (χ2v) is 4.60. The number of rotatable bonds is 4. The fourth-order valence-corrected chi connectivity index (χ4v) is 1.82. The molecule has 0 radical (unpaired) electrons. The van der Waals surface area contributed by atoms with Crippen LogP contribution in [0.2, 0.25) is 0 Å². The SMILES string of the molecule is C[C@@H](O)c1cc(Br)cc([N+](=O)[O-])c1OCC(F)(F)F. The average Bonchev–Trinajstić information content (AvgIpc) is 2.24. The second-order valence-electron chi connectivity index (χ2n) is 3.68. The van der Waals surface area contributed by atoms with Gasteiger partial charge in [-0.2, -0.15) is 13.2 Å². The van der Waals surface area contributed by atoms with Crippen LogP contribution in [0.15, 0.2) is 16.6 Å². The van der Waals surface area contributed by atoms with Gasteiger partial charge in [0.2, 0.25) is 5.75 Å². The lowest BCUT2D eigenvalue weighted by Gasteiger charge is -2.15. The number of hydrogen-bond donors (Lipinski definition) is 1. The molecule has 1 aromatic rings. The van der Waals surface area contributed by atoms with Crippen molar-refractivity contribution in [2.24, 2.45) is 0 Å². The third-order valence-electron chi connectivity index (χ3n) is 2.09. The Hall–Kier alpha value is -1.35. The predicted octanol–water partition coefficient (Wildman–Crippen LogP) is 3.35. The summed E-state index contributed by atoms with van der Waals surface area (Å²) >= 11 is 2.98. The van der Waals surface area contributed by atoms with Crippen molar-refractivity contribution in [1.29, 1.82) is 0 Å². The highest BCUT2D eigenvalue weighted by Crippen LogP contribution is 2.38. The van der Waals surface area contributed by atoms with Crippen molar-refractivity contribution in [3.05, 3.63) is 32.3 Å². The van der Waals surface area contributed by atoms with Gasteiger partial charge in [-0.25, -0.2) is 0 Å². The zero-order valence-corrected chi connectivity index (χ0v) is 11.2. The molecule has 1 rings (SSSR count). The Kier molecular flexibility index (Phi) is 4.75. The molecule has 1 N–H and O–H groups in total. The standard InChI is InChI=1S/C10H9BrF3NO4/c1-5(16)7-2-6(11)3-8(15(17)18)9(7)19-4-10(12,13)14/h2-3,5,16H,4H2,1H3/t5-/m1/s1. The maximum absolute atomic E-state index is 12.1. The number of halogens is 4. The van der Waals surface area contributed by atoms with E-state index in [1.54, 1.807) is 0 Å². The van der Waals surface area contributed by atoms with Crippen LogP contribution in [0.3, 0.4) is 0 Å².